The summed E-state index contributed by atoms with van der Waals surface area (Å²) in [5.41, 5.74) is 0. The Bertz CT molecular complexity index is 509. The van der Waals surface area contributed by atoms with Crippen LogP contribution in [0.2, 0.25) is 0 Å². The lowest BCUT2D eigenvalue weighted by Crippen LogP contribution is -2.37. The molecule has 1 fully saturated rings. The van der Waals surface area contributed by atoms with Crippen LogP contribution in [0, 0.1) is 5.82 Å². The molecule has 2 atom stereocenters. The van der Waals surface area contributed by atoms with Gasteiger partial charge in [0.15, 0.2) is 0 Å². The number of nitrogens with zero attached hydrogens (tertiary/aromatic N) is 1. The predicted octanol–water partition coefficient (Wildman–Crippen LogP) is 1.66. The van der Waals surface area contributed by atoms with Crippen molar-refractivity contribution in [2.75, 3.05) is 0 Å². The molecule has 7 heteroatoms. The number of nitrogens with one attached hydrogen (secondary N) is 1. The van der Waals surface area contributed by atoms with Gasteiger partial charge in [-0.2, -0.15) is 0 Å². The number of hydrogen-bond acceptors (Lipinski definition) is 3. The van der Waals surface area contributed by atoms with E-state index in [-0.39, 0.29) is 16.3 Å². The van der Waals surface area contributed by atoms with Gasteiger partial charge in [0.1, 0.15) is 10.7 Å². The van der Waals surface area contributed by atoms with E-state index in [4.69, 9.17) is 11.6 Å². The van der Waals surface area contributed by atoms with Crippen molar-refractivity contribution in [3.05, 3.63) is 24.3 Å². The number of alkyl halides is 1. The second-order valence-electron chi connectivity index (χ2n) is 4.01. The molecule has 1 heterocycles. The Morgan fingerprint density at radius 1 is 1.41 bits per heavy atom. The maximum atomic E-state index is 12.9. The van der Waals surface area contributed by atoms with Crippen molar-refractivity contribution in [3.63, 3.8) is 0 Å². The first kappa shape index (κ1) is 12.7. The van der Waals surface area contributed by atoms with Gasteiger partial charge in [0.2, 0.25) is 10.0 Å². The monoisotopic (exact) mass is 278 g/mol. The van der Waals surface area contributed by atoms with E-state index in [1.807, 2.05) is 0 Å². The van der Waals surface area contributed by atoms with Crippen LogP contribution in [0.4, 0.5) is 4.39 Å². The Labute approximate surface area is 104 Å². The highest BCUT2D eigenvalue weighted by molar-refractivity contribution is 7.89. The third kappa shape index (κ3) is 2.94. The number of sulfonamides is 1. The SMILES string of the molecule is O=S(=O)(NC1CCCC1Cl)c1cncc(F)c1. The highest BCUT2D eigenvalue weighted by Gasteiger charge is 2.30. The summed E-state index contributed by atoms with van der Waals surface area (Å²) in [6.07, 6.45) is 4.46. The van der Waals surface area contributed by atoms with Gasteiger partial charge in [-0.25, -0.2) is 17.5 Å². The number of aromatic nitrogens is 1. The first-order valence-electron chi connectivity index (χ1n) is 5.26. The quantitative estimate of drug-likeness (QED) is 0.856. The molecule has 0 aromatic carbocycles. The average molecular weight is 279 g/mol. The van der Waals surface area contributed by atoms with Crippen LogP contribution in [0.15, 0.2) is 23.4 Å². The van der Waals surface area contributed by atoms with Crippen LogP contribution in [0.3, 0.4) is 0 Å². The summed E-state index contributed by atoms with van der Waals surface area (Å²) in [4.78, 5) is 3.34. The molecule has 1 aliphatic carbocycles. The minimum atomic E-state index is -3.74. The second kappa shape index (κ2) is 4.88. The number of rotatable bonds is 3. The lowest BCUT2D eigenvalue weighted by Gasteiger charge is -2.15. The molecule has 0 radical (unpaired) electrons. The Morgan fingerprint density at radius 2 is 2.18 bits per heavy atom. The summed E-state index contributed by atoms with van der Waals surface area (Å²) in [7, 11) is -3.74. The zero-order valence-electron chi connectivity index (χ0n) is 8.94. The van der Waals surface area contributed by atoms with Crippen molar-refractivity contribution in [2.45, 2.75) is 35.6 Å². The molecule has 1 aromatic heterocycles. The summed E-state index contributed by atoms with van der Waals surface area (Å²) >= 11 is 5.99. The molecule has 0 aliphatic heterocycles. The number of hydrogen-bond donors (Lipinski definition) is 1. The van der Waals surface area contributed by atoms with Crippen molar-refractivity contribution < 1.29 is 12.8 Å². The number of pyridine rings is 1. The second-order valence-corrected chi connectivity index (χ2v) is 6.29. The molecule has 94 valence electrons. The minimum Gasteiger partial charge on any atom is -0.260 e. The van der Waals surface area contributed by atoms with Crippen LogP contribution < -0.4 is 4.72 Å². The van der Waals surface area contributed by atoms with Gasteiger partial charge >= 0.3 is 0 Å². The largest absolute Gasteiger partial charge is 0.260 e. The number of halogens is 2. The zero-order valence-corrected chi connectivity index (χ0v) is 10.5. The van der Waals surface area contributed by atoms with Crippen LogP contribution >= 0.6 is 11.6 Å². The fourth-order valence-electron chi connectivity index (χ4n) is 1.85. The van der Waals surface area contributed by atoms with Gasteiger partial charge in [0.05, 0.1) is 6.20 Å². The standard InChI is InChI=1S/C10H12ClFN2O2S/c11-9-2-1-3-10(9)14-17(15,16)8-4-7(12)5-13-6-8/h4-6,9-10,14H,1-3H2. The molecule has 2 unspecified atom stereocenters. The molecule has 0 amide bonds. The van der Waals surface area contributed by atoms with Gasteiger partial charge in [-0.1, -0.05) is 6.42 Å². The van der Waals surface area contributed by atoms with Gasteiger partial charge in [0.25, 0.3) is 0 Å². The van der Waals surface area contributed by atoms with E-state index in [2.05, 4.69) is 9.71 Å². The van der Waals surface area contributed by atoms with E-state index in [0.29, 0.717) is 6.42 Å². The molecule has 1 aliphatic rings. The van der Waals surface area contributed by atoms with Crippen molar-refractivity contribution in [3.8, 4) is 0 Å². The van der Waals surface area contributed by atoms with Crippen LogP contribution in [0.25, 0.3) is 0 Å². The lowest BCUT2D eigenvalue weighted by atomic mass is 10.3. The highest BCUT2D eigenvalue weighted by Crippen LogP contribution is 2.25. The first-order valence-corrected chi connectivity index (χ1v) is 7.18. The Balaban J connectivity index is 2.19. The Morgan fingerprint density at radius 3 is 2.76 bits per heavy atom. The van der Waals surface area contributed by atoms with E-state index < -0.39 is 15.8 Å². The topological polar surface area (TPSA) is 59.1 Å². The van der Waals surface area contributed by atoms with Crippen molar-refractivity contribution in [1.82, 2.24) is 9.71 Å². The van der Waals surface area contributed by atoms with Crippen LogP contribution in [0.1, 0.15) is 19.3 Å². The Kier molecular flexibility index (Phi) is 3.65. The molecular formula is C10H12ClFN2O2S. The summed E-state index contributed by atoms with van der Waals surface area (Å²) < 4.78 is 39.2. The van der Waals surface area contributed by atoms with Gasteiger partial charge in [0, 0.05) is 17.6 Å². The molecule has 2 rings (SSSR count). The third-order valence-electron chi connectivity index (χ3n) is 2.73. The van der Waals surface area contributed by atoms with Gasteiger partial charge < -0.3 is 0 Å². The molecule has 17 heavy (non-hydrogen) atoms. The van der Waals surface area contributed by atoms with Crippen LogP contribution in [0.5, 0.6) is 0 Å². The molecule has 4 nitrogen and oxygen atoms in total. The maximum Gasteiger partial charge on any atom is 0.242 e. The molecule has 1 N–H and O–H groups in total. The Hall–Kier alpha value is -0.720. The van der Waals surface area contributed by atoms with E-state index in [0.717, 1.165) is 31.3 Å². The summed E-state index contributed by atoms with van der Waals surface area (Å²) in [6.45, 7) is 0. The zero-order chi connectivity index (χ0) is 12.5. The average Bonchev–Trinajstić information content (AvgIpc) is 2.64. The van der Waals surface area contributed by atoms with E-state index in [1.54, 1.807) is 0 Å². The fourth-order valence-corrected chi connectivity index (χ4v) is 3.56. The van der Waals surface area contributed by atoms with E-state index in [9.17, 15) is 12.8 Å². The van der Waals surface area contributed by atoms with Gasteiger partial charge in [-0.3, -0.25) is 4.98 Å². The molecular weight excluding hydrogens is 267 g/mol. The van der Waals surface area contributed by atoms with Crippen molar-refractivity contribution in [1.29, 1.82) is 0 Å². The maximum absolute atomic E-state index is 12.9. The molecule has 1 aromatic rings. The molecule has 1 saturated carbocycles. The van der Waals surface area contributed by atoms with Crippen LogP contribution in [-0.4, -0.2) is 24.8 Å². The molecule has 0 spiro atoms. The van der Waals surface area contributed by atoms with Crippen molar-refractivity contribution >= 4 is 21.6 Å². The first-order chi connectivity index (χ1) is 7.99. The third-order valence-corrected chi connectivity index (χ3v) is 4.71. The smallest absolute Gasteiger partial charge is 0.242 e. The molecule has 0 bridgehead atoms. The minimum absolute atomic E-state index is 0.173. The normalized spacial score (nSPS) is 25.1. The molecule has 0 saturated heterocycles. The fraction of sp³-hybridized carbons (Fsp3) is 0.500. The predicted molar refractivity (Wildman–Crippen MR) is 61.8 cm³/mol. The van der Waals surface area contributed by atoms with E-state index >= 15 is 0 Å². The van der Waals surface area contributed by atoms with Gasteiger partial charge in [-0.05, 0) is 18.9 Å². The van der Waals surface area contributed by atoms with Crippen molar-refractivity contribution in [2.24, 2.45) is 0 Å². The van der Waals surface area contributed by atoms with Gasteiger partial charge in [-0.15, -0.1) is 11.6 Å². The van der Waals surface area contributed by atoms with E-state index in [1.165, 1.54) is 0 Å². The van der Waals surface area contributed by atoms with Crippen LogP contribution in [-0.2, 0) is 10.0 Å². The highest BCUT2D eigenvalue weighted by atomic mass is 35.5. The lowest BCUT2D eigenvalue weighted by molar-refractivity contribution is 0.550. The summed E-state index contributed by atoms with van der Waals surface area (Å²) in [5, 5.41) is -0.203. The summed E-state index contributed by atoms with van der Waals surface area (Å²) in [6, 6.07) is 0.651. The summed E-state index contributed by atoms with van der Waals surface area (Å²) in [5.74, 6) is -0.679.